The fourth-order valence-corrected chi connectivity index (χ4v) is 2.25. The first-order chi connectivity index (χ1) is 9.67. The van der Waals surface area contributed by atoms with Crippen molar-refractivity contribution in [1.29, 1.82) is 0 Å². The lowest BCUT2D eigenvalue weighted by molar-refractivity contribution is 0.0504. The first kappa shape index (κ1) is 21.3. The minimum Gasteiger partial charge on any atom is -0.497 e. The molecule has 5 nitrogen and oxygen atoms in total. The standard InChI is InChI=1S/C15H24N2O3.2ClH/c1-16-7-9-17(10-8-16)11-13(18)12-20-15-5-3-14(19-2)4-6-15;;/h3-6,13,18H,7-12H2,1-2H3;2*1H. The van der Waals surface area contributed by atoms with Gasteiger partial charge in [-0.1, -0.05) is 0 Å². The molecule has 22 heavy (non-hydrogen) atoms. The van der Waals surface area contributed by atoms with Crippen LogP contribution in [0.1, 0.15) is 0 Å². The highest BCUT2D eigenvalue weighted by Crippen LogP contribution is 2.17. The number of nitrogens with zero attached hydrogens (tertiary/aromatic N) is 2. The Balaban J connectivity index is 0.00000220. The predicted octanol–water partition coefficient (Wildman–Crippen LogP) is 1.53. The molecule has 0 saturated carbocycles. The van der Waals surface area contributed by atoms with Crippen molar-refractivity contribution in [2.45, 2.75) is 6.10 Å². The minimum absolute atomic E-state index is 0. The Labute approximate surface area is 145 Å². The van der Waals surface area contributed by atoms with Crippen molar-refractivity contribution < 1.29 is 14.6 Å². The second-order valence-corrected chi connectivity index (χ2v) is 5.24. The third-order valence-corrected chi connectivity index (χ3v) is 3.57. The van der Waals surface area contributed by atoms with E-state index in [9.17, 15) is 5.11 Å². The van der Waals surface area contributed by atoms with Gasteiger partial charge in [-0.05, 0) is 31.3 Å². The molecule has 1 aromatic rings. The molecular weight excluding hydrogens is 327 g/mol. The number of aliphatic hydroxyl groups excluding tert-OH is 1. The van der Waals surface area contributed by atoms with Gasteiger partial charge < -0.3 is 19.5 Å². The quantitative estimate of drug-likeness (QED) is 0.840. The predicted molar refractivity (Wildman–Crippen MR) is 92.9 cm³/mol. The molecule has 1 aromatic carbocycles. The molecule has 2 rings (SSSR count). The Morgan fingerprint density at radius 3 is 2.14 bits per heavy atom. The van der Waals surface area contributed by atoms with Gasteiger partial charge in [0.15, 0.2) is 0 Å². The second kappa shape index (κ2) is 10.9. The highest BCUT2D eigenvalue weighted by molar-refractivity contribution is 5.85. The van der Waals surface area contributed by atoms with Crippen LogP contribution in [0, 0.1) is 0 Å². The molecule has 0 spiro atoms. The minimum atomic E-state index is -0.458. The van der Waals surface area contributed by atoms with Gasteiger partial charge in [-0.25, -0.2) is 0 Å². The molecule has 0 amide bonds. The van der Waals surface area contributed by atoms with E-state index in [0.717, 1.165) is 37.7 Å². The molecule has 7 heteroatoms. The van der Waals surface area contributed by atoms with Crippen LogP contribution >= 0.6 is 24.8 Å². The molecule has 1 atom stereocenters. The summed E-state index contributed by atoms with van der Waals surface area (Å²) < 4.78 is 10.7. The van der Waals surface area contributed by atoms with E-state index < -0.39 is 6.10 Å². The van der Waals surface area contributed by atoms with Gasteiger partial charge in [0.2, 0.25) is 0 Å². The normalized spacial score (nSPS) is 17.0. The third-order valence-electron chi connectivity index (χ3n) is 3.57. The zero-order valence-corrected chi connectivity index (χ0v) is 14.7. The van der Waals surface area contributed by atoms with Crippen molar-refractivity contribution in [3.05, 3.63) is 24.3 Å². The summed E-state index contributed by atoms with van der Waals surface area (Å²) in [5.41, 5.74) is 0. The van der Waals surface area contributed by atoms with E-state index in [4.69, 9.17) is 9.47 Å². The van der Waals surface area contributed by atoms with E-state index in [1.54, 1.807) is 7.11 Å². The van der Waals surface area contributed by atoms with Crippen LogP contribution in [0.5, 0.6) is 11.5 Å². The SMILES string of the molecule is COc1ccc(OCC(O)CN2CCN(C)CC2)cc1.Cl.Cl. The molecule has 1 N–H and O–H groups in total. The number of halogens is 2. The number of piperazine rings is 1. The number of hydrogen-bond donors (Lipinski definition) is 1. The van der Waals surface area contributed by atoms with Crippen molar-refractivity contribution >= 4 is 24.8 Å². The van der Waals surface area contributed by atoms with Gasteiger partial charge in [0, 0.05) is 32.7 Å². The van der Waals surface area contributed by atoms with Gasteiger partial charge in [-0.3, -0.25) is 4.90 Å². The molecule has 0 aliphatic carbocycles. The molecule has 1 aliphatic heterocycles. The zero-order chi connectivity index (χ0) is 14.4. The maximum absolute atomic E-state index is 10.0. The highest BCUT2D eigenvalue weighted by atomic mass is 35.5. The van der Waals surface area contributed by atoms with E-state index in [2.05, 4.69) is 16.8 Å². The molecule has 0 radical (unpaired) electrons. The van der Waals surface area contributed by atoms with E-state index in [1.807, 2.05) is 24.3 Å². The van der Waals surface area contributed by atoms with Gasteiger partial charge in [0.05, 0.1) is 7.11 Å². The average Bonchev–Trinajstić information content (AvgIpc) is 2.48. The lowest BCUT2D eigenvalue weighted by atomic mass is 10.2. The summed E-state index contributed by atoms with van der Waals surface area (Å²) in [5.74, 6) is 1.55. The van der Waals surface area contributed by atoms with Crippen LogP contribution in [0.2, 0.25) is 0 Å². The molecule has 1 aliphatic rings. The topological polar surface area (TPSA) is 45.2 Å². The maximum Gasteiger partial charge on any atom is 0.119 e. The van der Waals surface area contributed by atoms with E-state index in [1.165, 1.54) is 0 Å². The maximum atomic E-state index is 10.0. The molecule has 1 saturated heterocycles. The molecule has 1 unspecified atom stereocenters. The fraction of sp³-hybridized carbons (Fsp3) is 0.600. The van der Waals surface area contributed by atoms with Crippen molar-refractivity contribution in [2.24, 2.45) is 0 Å². The summed E-state index contributed by atoms with van der Waals surface area (Å²) in [6.07, 6.45) is -0.458. The first-order valence-corrected chi connectivity index (χ1v) is 7.03. The summed E-state index contributed by atoms with van der Waals surface area (Å²) in [6.45, 7) is 5.13. The van der Waals surface area contributed by atoms with E-state index in [0.29, 0.717) is 13.2 Å². The highest BCUT2D eigenvalue weighted by Gasteiger charge is 2.17. The lowest BCUT2D eigenvalue weighted by Crippen LogP contribution is -2.47. The van der Waals surface area contributed by atoms with Gasteiger partial charge in [0.25, 0.3) is 0 Å². The Bertz CT molecular complexity index is 398. The summed E-state index contributed by atoms with van der Waals surface area (Å²) in [7, 11) is 3.76. The van der Waals surface area contributed by atoms with E-state index >= 15 is 0 Å². The Morgan fingerprint density at radius 2 is 1.59 bits per heavy atom. The number of ether oxygens (including phenoxy) is 2. The zero-order valence-electron chi connectivity index (χ0n) is 13.1. The molecule has 1 fully saturated rings. The number of benzene rings is 1. The summed E-state index contributed by atoms with van der Waals surface area (Å²) in [4.78, 5) is 4.58. The number of aliphatic hydroxyl groups is 1. The van der Waals surface area contributed by atoms with Crippen LogP contribution in [0.4, 0.5) is 0 Å². The Kier molecular flexibility index (Phi) is 10.6. The summed E-state index contributed by atoms with van der Waals surface area (Å²) in [5, 5.41) is 10.0. The largest absolute Gasteiger partial charge is 0.497 e. The van der Waals surface area contributed by atoms with Gasteiger partial charge in [-0.15, -0.1) is 24.8 Å². The van der Waals surface area contributed by atoms with Gasteiger partial charge in [-0.2, -0.15) is 0 Å². The van der Waals surface area contributed by atoms with Gasteiger partial charge in [0.1, 0.15) is 24.2 Å². The summed E-state index contributed by atoms with van der Waals surface area (Å²) in [6, 6.07) is 7.40. The van der Waals surface area contributed by atoms with Crippen LogP contribution in [0.3, 0.4) is 0 Å². The summed E-state index contributed by atoms with van der Waals surface area (Å²) >= 11 is 0. The number of likely N-dealkylation sites (N-methyl/N-ethyl adjacent to an activating group) is 1. The number of hydrogen-bond acceptors (Lipinski definition) is 5. The number of β-amino-alcohol motifs (C(OH)–C–C–N with tert-alkyl or cyclic N) is 1. The van der Waals surface area contributed by atoms with E-state index in [-0.39, 0.29) is 24.8 Å². The molecule has 0 aromatic heterocycles. The average molecular weight is 353 g/mol. The molecule has 0 bridgehead atoms. The van der Waals surface area contributed by atoms with Crippen LogP contribution in [-0.4, -0.2) is 74.5 Å². The van der Waals surface area contributed by atoms with Crippen molar-refractivity contribution in [2.75, 3.05) is 53.5 Å². The van der Waals surface area contributed by atoms with Gasteiger partial charge >= 0.3 is 0 Å². The monoisotopic (exact) mass is 352 g/mol. The molecular formula is C15H26Cl2N2O3. The van der Waals surface area contributed by atoms with Crippen LogP contribution in [-0.2, 0) is 0 Å². The van der Waals surface area contributed by atoms with Crippen LogP contribution in [0.15, 0.2) is 24.3 Å². The molecule has 1 heterocycles. The van der Waals surface area contributed by atoms with Crippen LogP contribution in [0.25, 0.3) is 0 Å². The second-order valence-electron chi connectivity index (χ2n) is 5.24. The number of methoxy groups -OCH3 is 1. The van der Waals surface area contributed by atoms with Crippen molar-refractivity contribution in [3.63, 3.8) is 0 Å². The number of rotatable bonds is 6. The fourth-order valence-electron chi connectivity index (χ4n) is 2.25. The lowest BCUT2D eigenvalue weighted by Gasteiger charge is -2.33. The molecule has 128 valence electrons. The Hall–Kier alpha value is -0.720. The van der Waals surface area contributed by atoms with Crippen molar-refractivity contribution in [3.8, 4) is 11.5 Å². The Morgan fingerprint density at radius 1 is 1.05 bits per heavy atom. The third kappa shape index (κ3) is 7.03. The first-order valence-electron chi connectivity index (χ1n) is 7.03. The van der Waals surface area contributed by atoms with Crippen molar-refractivity contribution in [1.82, 2.24) is 9.80 Å². The smallest absolute Gasteiger partial charge is 0.119 e. The van der Waals surface area contributed by atoms with Crippen LogP contribution < -0.4 is 9.47 Å².